The quantitative estimate of drug-likeness (QED) is 0.425. The minimum absolute atomic E-state index is 1.54. The molecule has 0 bridgehead atoms. The van der Waals surface area contributed by atoms with Crippen LogP contribution in [0.1, 0.15) is 0 Å². The molecule has 0 amide bonds. The van der Waals surface area contributed by atoms with Crippen LogP contribution < -0.4 is 11.0 Å². The predicted octanol–water partition coefficient (Wildman–Crippen LogP) is -0.728. The van der Waals surface area contributed by atoms with Crippen molar-refractivity contribution >= 4 is 0 Å². The standard InChI is InChI=1S/C2H8N2O/c1-3-4-5-2/h3-4H,1-2H3. The average molecular weight is 76.1 g/mol. The number of hydrazine groups is 1. The van der Waals surface area contributed by atoms with Gasteiger partial charge in [0.25, 0.3) is 0 Å². The summed E-state index contributed by atoms with van der Waals surface area (Å²) >= 11 is 0. The summed E-state index contributed by atoms with van der Waals surface area (Å²) in [4.78, 5) is 4.33. The van der Waals surface area contributed by atoms with Crippen molar-refractivity contribution in [2.45, 2.75) is 0 Å². The van der Waals surface area contributed by atoms with Crippen LogP contribution in [0.3, 0.4) is 0 Å². The molecule has 0 aromatic carbocycles. The van der Waals surface area contributed by atoms with Gasteiger partial charge in [0.1, 0.15) is 0 Å². The lowest BCUT2D eigenvalue weighted by Gasteiger charge is -1.91. The van der Waals surface area contributed by atoms with Gasteiger partial charge in [-0.1, -0.05) is 0 Å². The van der Waals surface area contributed by atoms with E-state index >= 15 is 0 Å². The van der Waals surface area contributed by atoms with E-state index in [2.05, 4.69) is 15.9 Å². The highest BCUT2D eigenvalue weighted by atomic mass is 16.7. The topological polar surface area (TPSA) is 33.3 Å². The predicted molar refractivity (Wildman–Crippen MR) is 19.2 cm³/mol. The molecular weight excluding hydrogens is 68.0 g/mol. The lowest BCUT2D eigenvalue weighted by atomic mass is 11.5. The van der Waals surface area contributed by atoms with Gasteiger partial charge in [0.05, 0.1) is 7.11 Å². The zero-order valence-corrected chi connectivity index (χ0v) is 3.41. The van der Waals surface area contributed by atoms with Gasteiger partial charge in [-0.05, 0) is 0 Å². The van der Waals surface area contributed by atoms with Gasteiger partial charge in [-0.25, -0.2) is 5.43 Å². The highest BCUT2D eigenvalue weighted by Crippen LogP contribution is 1.34. The first kappa shape index (κ1) is 4.88. The van der Waals surface area contributed by atoms with Crippen LogP contribution in [0, 0.1) is 0 Å². The van der Waals surface area contributed by atoms with Gasteiger partial charge in [-0.3, -0.25) is 4.84 Å². The van der Waals surface area contributed by atoms with Gasteiger partial charge in [-0.15, -0.1) is 5.59 Å². The van der Waals surface area contributed by atoms with Crippen molar-refractivity contribution in [2.75, 3.05) is 14.2 Å². The highest BCUT2D eigenvalue weighted by molar-refractivity contribution is 3.89. The first-order chi connectivity index (χ1) is 2.41. The Hall–Kier alpha value is -0.120. The van der Waals surface area contributed by atoms with E-state index in [1.54, 1.807) is 7.05 Å². The fourth-order valence-corrected chi connectivity index (χ4v) is 0.102. The Labute approximate surface area is 31.2 Å². The minimum atomic E-state index is 1.54. The molecular formula is C2H8N2O. The Morgan fingerprint density at radius 3 is 2.20 bits per heavy atom. The smallest absolute Gasteiger partial charge is 0.0588 e. The van der Waals surface area contributed by atoms with Gasteiger partial charge in [-0.2, -0.15) is 0 Å². The Morgan fingerprint density at radius 2 is 2.20 bits per heavy atom. The number of nitrogens with one attached hydrogen (secondary N) is 2. The molecule has 5 heavy (non-hydrogen) atoms. The Bertz CT molecular complexity index is 15.1. The second-order valence-electron chi connectivity index (χ2n) is 0.556. The maximum Gasteiger partial charge on any atom is 0.0588 e. The summed E-state index contributed by atoms with van der Waals surface area (Å²) in [5.41, 5.74) is 4.91. The van der Waals surface area contributed by atoms with Gasteiger partial charge < -0.3 is 0 Å². The fraction of sp³-hybridized carbons (Fsp3) is 1.00. The van der Waals surface area contributed by atoms with E-state index in [0.29, 0.717) is 0 Å². The van der Waals surface area contributed by atoms with E-state index in [1.807, 2.05) is 0 Å². The summed E-state index contributed by atoms with van der Waals surface area (Å²) < 4.78 is 0. The third kappa shape index (κ3) is 3.88. The molecule has 0 atom stereocenters. The van der Waals surface area contributed by atoms with Crippen molar-refractivity contribution in [3.05, 3.63) is 0 Å². The molecule has 0 heterocycles. The van der Waals surface area contributed by atoms with Gasteiger partial charge in [0.2, 0.25) is 0 Å². The summed E-state index contributed by atoms with van der Waals surface area (Å²) in [5, 5.41) is 0. The molecule has 0 rings (SSSR count). The molecule has 32 valence electrons. The van der Waals surface area contributed by atoms with Crippen LogP contribution in [0.2, 0.25) is 0 Å². The largest absolute Gasteiger partial charge is 0.290 e. The lowest BCUT2D eigenvalue weighted by Crippen LogP contribution is -2.25. The molecule has 0 aliphatic heterocycles. The second-order valence-corrected chi connectivity index (χ2v) is 0.556. The molecule has 0 aliphatic rings. The van der Waals surface area contributed by atoms with Crippen LogP contribution >= 0.6 is 0 Å². The molecule has 0 radical (unpaired) electrons. The highest BCUT2D eigenvalue weighted by Gasteiger charge is 1.57. The van der Waals surface area contributed by atoms with Crippen LogP contribution in [-0.4, -0.2) is 14.2 Å². The van der Waals surface area contributed by atoms with Crippen LogP contribution in [0.25, 0.3) is 0 Å². The molecule has 0 saturated heterocycles. The molecule has 0 spiro atoms. The van der Waals surface area contributed by atoms with E-state index in [1.165, 1.54) is 7.11 Å². The molecule has 0 fully saturated rings. The fourth-order valence-electron chi connectivity index (χ4n) is 0.102. The van der Waals surface area contributed by atoms with Gasteiger partial charge in [0, 0.05) is 7.05 Å². The van der Waals surface area contributed by atoms with Crippen LogP contribution in [0.4, 0.5) is 0 Å². The Balaban J connectivity index is 2.19. The van der Waals surface area contributed by atoms with E-state index in [4.69, 9.17) is 0 Å². The maximum atomic E-state index is 4.33. The molecule has 0 aromatic rings. The summed E-state index contributed by atoms with van der Waals surface area (Å²) in [7, 11) is 3.26. The van der Waals surface area contributed by atoms with E-state index in [0.717, 1.165) is 0 Å². The Kier molecular flexibility index (Phi) is 3.79. The van der Waals surface area contributed by atoms with E-state index in [-0.39, 0.29) is 0 Å². The first-order valence-corrected chi connectivity index (χ1v) is 1.36. The molecule has 3 nitrogen and oxygen atoms in total. The van der Waals surface area contributed by atoms with E-state index in [9.17, 15) is 0 Å². The van der Waals surface area contributed by atoms with Crippen molar-refractivity contribution in [1.82, 2.24) is 11.0 Å². The molecule has 0 unspecified atom stereocenters. The molecule has 0 saturated carbocycles. The maximum absolute atomic E-state index is 4.33. The minimum Gasteiger partial charge on any atom is -0.290 e. The monoisotopic (exact) mass is 76.1 g/mol. The zero-order valence-electron chi connectivity index (χ0n) is 3.41. The SMILES string of the molecule is CNNOC. The Morgan fingerprint density at radius 1 is 1.60 bits per heavy atom. The number of hydrogen-bond acceptors (Lipinski definition) is 3. The summed E-state index contributed by atoms with van der Waals surface area (Å²) in [6.45, 7) is 0. The molecule has 0 aliphatic carbocycles. The lowest BCUT2D eigenvalue weighted by molar-refractivity contribution is 0.0628. The summed E-state index contributed by atoms with van der Waals surface area (Å²) in [6, 6.07) is 0. The van der Waals surface area contributed by atoms with Gasteiger partial charge >= 0.3 is 0 Å². The van der Waals surface area contributed by atoms with Crippen LogP contribution in [0.15, 0.2) is 0 Å². The second kappa shape index (κ2) is 3.88. The van der Waals surface area contributed by atoms with Crippen molar-refractivity contribution in [3.8, 4) is 0 Å². The van der Waals surface area contributed by atoms with Gasteiger partial charge in [0.15, 0.2) is 0 Å². The number of hydrogen-bond donors (Lipinski definition) is 2. The first-order valence-electron chi connectivity index (χ1n) is 1.36. The zero-order chi connectivity index (χ0) is 4.12. The van der Waals surface area contributed by atoms with Crippen molar-refractivity contribution in [3.63, 3.8) is 0 Å². The van der Waals surface area contributed by atoms with Crippen LogP contribution in [-0.2, 0) is 4.84 Å². The number of rotatable bonds is 2. The third-order valence-corrected chi connectivity index (χ3v) is 0.204. The summed E-state index contributed by atoms with van der Waals surface area (Å²) in [5.74, 6) is 0. The normalized spacial score (nSPS) is 8.40. The van der Waals surface area contributed by atoms with Crippen molar-refractivity contribution in [1.29, 1.82) is 0 Å². The molecule has 2 N–H and O–H groups in total. The third-order valence-electron chi connectivity index (χ3n) is 0.204. The van der Waals surface area contributed by atoms with E-state index < -0.39 is 0 Å². The summed E-state index contributed by atoms with van der Waals surface area (Å²) in [6.07, 6.45) is 0. The molecule has 3 heteroatoms. The van der Waals surface area contributed by atoms with Crippen molar-refractivity contribution in [2.24, 2.45) is 0 Å². The van der Waals surface area contributed by atoms with Crippen LogP contribution in [0.5, 0.6) is 0 Å². The molecule has 0 aromatic heterocycles. The average Bonchev–Trinajstić information content (AvgIpc) is 1.41. The van der Waals surface area contributed by atoms with Crippen molar-refractivity contribution < 1.29 is 4.84 Å².